The fourth-order valence-corrected chi connectivity index (χ4v) is 1.25. The molecule has 0 spiro atoms. The van der Waals surface area contributed by atoms with Gasteiger partial charge in [-0.25, -0.2) is 0 Å². The van der Waals surface area contributed by atoms with E-state index in [0.29, 0.717) is 6.42 Å². The van der Waals surface area contributed by atoms with Crippen molar-refractivity contribution in [2.45, 2.75) is 26.2 Å². The fraction of sp³-hybridized carbons (Fsp3) is 0.308. The lowest BCUT2D eigenvalue weighted by Crippen LogP contribution is -1.87. The van der Waals surface area contributed by atoms with E-state index in [2.05, 4.69) is 24.3 Å². The summed E-state index contributed by atoms with van der Waals surface area (Å²) in [5, 5.41) is 0. The minimum atomic E-state index is 0.276. The summed E-state index contributed by atoms with van der Waals surface area (Å²) in [5.74, 6) is 0.276. The molecule has 0 heterocycles. The molecule has 0 aromatic heterocycles. The molecule has 0 amide bonds. The van der Waals surface area contributed by atoms with Gasteiger partial charge in [-0.05, 0) is 25.3 Å². The van der Waals surface area contributed by atoms with Crippen molar-refractivity contribution in [3.8, 4) is 0 Å². The van der Waals surface area contributed by atoms with E-state index in [4.69, 9.17) is 0 Å². The molecule has 0 unspecified atom stereocenters. The summed E-state index contributed by atoms with van der Waals surface area (Å²) in [6, 6.07) is 10.2. The first kappa shape index (κ1) is 10.7. The second-order valence-electron chi connectivity index (χ2n) is 3.41. The van der Waals surface area contributed by atoms with Crippen LogP contribution in [0.3, 0.4) is 0 Å². The van der Waals surface area contributed by atoms with Gasteiger partial charge in [0.15, 0.2) is 0 Å². The first-order valence-electron chi connectivity index (χ1n) is 5.00. The summed E-state index contributed by atoms with van der Waals surface area (Å²) in [6.07, 6.45) is 6.85. The molecule has 0 bridgehead atoms. The number of hydrogen-bond donors (Lipinski definition) is 0. The van der Waals surface area contributed by atoms with Crippen LogP contribution >= 0.6 is 0 Å². The van der Waals surface area contributed by atoms with Gasteiger partial charge in [0, 0.05) is 6.42 Å². The minimum absolute atomic E-state index is 0.276. The first-order valence-corrected chi connectivity index (χ1v) is 5.00. The molecule has 0 aliphatic rings. The van der Waals surface area contributed by atoms with E-state index in [9.17, 15) is 4.79 Å². The van der Waals surface area contributed by atoms with Crippen LogP contribution < -0.4 is 0 Å². The zero-order valence-electron chi connectivity index (χ0n) is 8.57. The van der Waals surface area contributed by atoms with Crippen molar-refractivity contribution in [1.82, 2.24) is 0 Å². The van der Waals surface area contributed by atoms with Gasteiger partial charge in [-0.1, -0.05) is 42.5 Å². The van der Waals surface area contributed by atoms with E-state index in [1.54, 1.807) is 6.92 Å². The molecule has 74 valence electrons. The Morgan fingerprint density at radius 2 is 2.00 bits per heavy atom. The molecule has 0 N–H and O–H groups in total. The Morgan fingerprint density at radius 3 is 2.64 bits per heavy atom. The van der Waals surface area contributed by atoms with E-state index >= 15 is 0 Å². The Hall–Kier alpha value is -1.37. The van der Waals surface area contributed by atoms with Crippen LogP contribution in [-0.2, 0) is 4.79 Å². The summed E-state index contributed by atoms with van der Waals surface area (Å²) in [7, 11) is 0. The van der Waals surface area contributed by atoms with Crippen LogP contribution in [0.5, 0.6) is 0 Å². The average Bonchev–Trinajstić information content (AvgIpc) is 2.18. The fourth-order valence-electron chi connectivity index (χ4n) is 1.25. The van der Waals surface area contributed by atoms with Gasteiger partial charge < -0.3 is 4.79 Å². The molecule has 0 saturated carbocycles. The van der Waals surface area contributed by atoms with Gasteiger partial charge in [0.05, 0.1) is 0 Å². The number of carbonyl (C=O) groups is 1. The minimum Gasteiger partial charge on any atom is -0.300 e. The summed E-state index contributed by atoms with van der Waals surface area (Å²) in [5.41, 5.74) is 1.22. The molecular weight excluding hydrogens is 172 g/mol. The Kier molecular flexibility index (Phi) is 4.70. The Balaban J connectivity index is 2.25. The molecular formula is C13H16O. The zero-order valence-corrected chi connectivity index (χ0v) is 8.57. The number of rotatable bonds is 5. The molecule has 1 heteroatoms. The third kappa shape index (κ3) is 4.61. The topological polar surface area (TPSA) is 17.1 Å². The van der Waals surface area contributed by atoms with E-state index in [1.165, 1.54) is 5.56 Å². The van der Waals surface area contributed by atoms with Crippen LogP contribution in [0.15, 0.2) is 36.4 Å². The van der Waals surface area contributed by atoms with Crippen LogP contribution in [0.4, 0.5) is 0 Å². The lowest BCUT2D eigenvalue weighted by molar-refractivity contribution is -0.117. The molecule has 0 radical (unpaired) electrons. The standard InChI is InChI=1S/C13H16O/c1-12(14)8-4-2-5-9-13-10-6-3-7-11-13/h3,5-7,9-11H,2,4,8H2,1H3/b9-5+. The third-order valence-corrected chi connectivity index (χ3v) is 2.01. The maximum atomic E-state index is 10.7. The van der Waals surface area contributed by atoms with Crippen molar-refractivity contribution in [1.29, 1.82) is 0 Å². The quantitative estimate of drug-likeness (QED) is 0.647. The van der Waals surface area contributed by atoms with Crippen molar-refractivity contribution in [2.24, 2.45) is 0 Å². The molecule has 0 fully saturated rings. The van der Waals surface area contributed by atoms with Gasteiger partial charge in [0.2, 0.25) is 0 Å². The first-order chi connectivity index (χ1) is 6.79. The van der Waals surface area contributed by atoms with E-state index in [-0.39, 0.29) is 5.78 Å². The number of allylic oxidation sites excluding steroid dienone is 1. The molecule has 14 heavy (non-hydrogen) atoms. The molecule has 1 aromatic carbocycles. The van der Waals surface area contributed by atoms with Gasteiger partial charge in [-0.3, -0.25) is 0 Å². The smallest absolute Gasteiger partial charge is 0.129 e. The maximum absolute atomic E-state index is 10.7. The predicted molar refractivity (Wildman–Crippen MR) is 60.0 cm³/mol. The number of carbonyl (C=O) groups excluding carboxylic acids is 1. The second-order valence-corrected chi connectivity index (χ2v) is 3.41. The van der Waals surface area contributed by atoms with Gasteiger partial charge >= 0.3 is 0 Å². The SMILES string of the molecule is CC(=O)CCC/C=C/c1ccccc1. The van der Waals surface area contributed by atoms with Gasteiger partial charge in [0.25, 0.3) is 0 Å². The largest absolute Gasteiger partial charge is 0.300 e. The number of unbranched alkanes of at least 4 members (excludes halogenated alkanes) is 1. The Morgan fingerprint density at radius 1 is 1.29 bits per heavy atom. The van der Waals surface area contributed by atoms with Crippen molar-refractivity contribution < 1.29 is 4.79 Å². The third-order valence-electron chi connectivity index (χ3n) is 2.01. The number of Topliss-reactive ketones (excluding diaryl/α,β-unsaturated/α-hetero) is 1. The highest BCUT2D eigenvalue weighted by atomic mass is 16.1. The van der Waals surface area contributed by atoms with Crippen LogP contribution in [0.25, 0.3) is 6.08 Å². The van der Waals surface area contributed by atoms with E-state index < -0.39 is 0 Å². The highest BCUT2D eigenvalue weighted by molar-refractivity contribution is 5.75. The predicted octanol–water partition coefficient (Wildman–Crippen LogP) is 3.46. The molecule has 1 rings (SSSR count). The van der Waals surface area contributed by atoms with E-state index in [1.807, 2.05) is 18.2 Å². The number of hydrogen-bond acceptors (Lipinski definition) is 1. The van der Waals surface area contributed by atoms with Crippen molar-refractivity contribution in [3.63, 3.8) is 0 Å². The monoisotopic (exact) mass is 188 g/mol. The summed E-state index contributed by atoms with van der Waals surface area (Å²) in [6.45, 7) is 1.64. The Labute approximate surface area is 85.5 Å². The van der Waals surface area contributed by atoms with Gasteiger partial charge in [0.1, 0.15) is 5.78 Å². The highest BCUT2D eigenvalue weighted by Gasteiger charge is 1.90. The molecule has 0 saturated heterocycles. The molecule has 0 atom stereocenters. The lowest BCUT2D eigenvalue weighted by Gasteiger charge is -1.92. The maximum Gasteiger partial charge on any atom is 0.129 e. The van der Waals surface area contributed by atoms with Crippen LogP contribution in [-0.4, -0.2) is 5.78 Å². The molecule has 1 nitrogen and oxygen atoms in total. The second kappa shape index (κ2) is 6.14. The Bertz CT molecular complexity index is 298. The zero-order chi connectivity index (χ0) is 10.2. The molecule has 1 aromatic rings. The summed E-state index contributed by atoms with van der Waals surface area (Å²) >= 11 is 0. The normalized spacial score (nSPS) is 10.6. The van der Waals surface area contributed by atoms with Crippen molar-refractivity contribution in [3.05, 3.63) is 42.0 Å². The van der Waals surface area contributed by atoms with Gasteiger partial charge in [-0.15, -0.1) is 0 Å². The summed E-state index contributed by atoms with van der Waals surface area (Å²) in [4.78, 5) is 10.7. The highest BCUT2D eigenvalue weighted by Crippen LogP contribution is 2.04. The van der Waals surface area contributed by atoms with Crippen LogP contribution in [0.2, 0.25) is 0 Å². The van der Waals surface area contributed by atoms with Gasteiger partial charge in [-0.2, -0.15) is 0 Å². The number of benzene rings is 1. The van der Waals surface area contributed by atoms with Crippen LogP contribution in [0, 0.1) is 0 Å². The van der Waals surface area contributed by atoms with Crippen LogP contribution in [0.1, 0.15) is 31.7 Å². The van der Waals surface area contributed by atoms with E-state index in [0.717, 1.165) is 12.8 Å². The number of ketones is 1. The van der Waals surface area contributed by atoms with Crippen molar-refractivity contribution in [2.75, 3.05) is 0 Å². The summed E-state index contributed by atoms with van der Waals surface area (Å²) < 4.78 is 0. The molecule has 0 aliphatic heterocycles. The van der Waals surface area contributed by atoms with Crippen molar-refractivity contribution >= 4 is 11.9 Å². The average molecular weight is 188 g/mol. The lowest BCUT2D eigenvalue weighted by atomic mass is 10.1. The molecule has 0 aliphatic carbocycles.